The Morgan fingerprint density at radius 2 is 2.24 bits per heavy atom. The van der Waals surface area contributed by atoms with Crippen molar-refractivity contribution in [2.75, 3.05) is 13.6 Å². The van der Waals surface area contributed by atoms with Gasteiger partial charge in [0.15, 0.2) is 11.3 Å². The summed E-state index contributed by atoms with van der Waals surface area (Å²) < 4.78 is 1.50. The van der Waals surface area contributed by atoms with Crippen LogP contribution < -0.4 is 5.73 Å². The first kappa shape index (κ1) is 15.7. The van der Waals surface area contributed by atoms with E-state index < -0.39 is 0 Å². The van der Waals surface area contributed by atoms with Crippen molar-refractivity contribution in [3.05, 3.63) is 29.2 Å². The van der Waals surface area contributed by atoms with E-state index in [0.717, 1.165) is 6.42 Å². The zero-order valence-electron chi connectivity index (χ0n) is 12.5. The first-order chi connectivity index (χ1) is 9.91. The maximum atomic E-state index is 12.4. The van der Waals surface area contributed by atoms with Crippen LogP contribution in [0.25, 0.3) is 5.65 Å². The number of fused-ring (bicyclic) bond motifs is 1. The predicted octanol–water partition coefficient (Wildman–Crippen LogP) is 1.83. The van der Waals surface area contributed by atoms with Gasteiger partial charge in [-0.05, 0) is 18.4 Å². The summed E-state index contributed by atoms with van der Waals surface area (Å²) in [6.07, 6.45) is 4.06. The van der Waals surface area contributed by atoms with E-state index in [2.05, 4.69) is 23.9 Å². The highest BCUT2D eigenvalue weighted by atomic mass is 35.5. The van der Waals surface area contributed by atoms with Gasteiger partial charge in [0.05, 0.1) is 0 Å². The Morgan fingerprint density at radius 1 is 1.52 bits per heavy atom. The molecule has 2 heterocycles. The minimum Gasteiger partial charge on any atom is -0.340 e. The fourth-order valence-corrected chi connectivity index (χ4v) is 2.21. The second-order valence-electron chi connectivity index (χ2n) is 5.47. The molecule has 1 atom stereocenters. The highest BCUT2D eigenvalue weighted by Gasteiger charge is 2.22. The topological polar surface area (TPSA) is 76.5 Å². The quantitative estimate of drug-likeness (QED) is 0.914. The van der Waals surface area contributed by atoms with Crippen LogP contribution in [0, 0.1) is 5.92 Å². The lowest BCUT2D eigenvalue weighted by molar-refractivity contribution is 0.0783. The molecule has 1 amide bonds. The second kappa shape index (κ2) is 6.41. The molecule has 0 saturated carbocycles. The van der Waals surface area contributed by atoms with Gasteiger partial charge in [0, 0.05) is 32.0 Å². The number of hydrogen-bond acceptors (Lipinski definition) is 4. The fourth-order valence-electron chi connectivity index (χ4n) is 1.95. The van der Waals surface area contributed by atoms with Gasteiger partial charge in [0.2, 0.25) is 0 Å². The standard InChI is InChI=1S/C14H20ClN5O/c1-9(2)10(16)5-8-19(3)14(21)12-11(15)13-17-6-4-7-20(13)18-12/h4,6-7,9-10H,5,8,16H2,1-3H3/t10-/m0/s1. The molecule has 0 unspecified atom stereocenters. The zero-order valence-corrected chi connectivity index (χ0v) is 13.2. The SMILES string of the molecule is CC(C)[C@@H](N)CCN(C)C(=O)c1nn2cccnc2c1Cl. The molecule has 2 rings (SSSR count). The number of carbonyl (C=O) groups excluding carboxylic acids is 1. The van der Waals surface area contributed by atoms with E-state index in [-0.39, 0.29) is 22.7 Å². The number of rotatable bonds is 5. The van der Waals surface area contributed by atoms with Crippen molar-refractivity contribution in [3.63, 3.8) is 0 Å². The lowest BCUT2D eigenvalue weighted by Gasteiger charge is -2.20. The Bertz CT molecular complexity index is 639. The van der Waals surface area contributed by atoms with Crippen molar-refractivity contribution >= 4 is 23.2 Å². The summed E-state index contributed by atoms with van der Waals surface area (Å²) in [6, 6.07) is 1.80. The molecule has 0 aliphatic heterocycles. The molecular weight excluding hydrogens is 290 g/mol. The van der Waals surface area contributed by atoms with Crippen LogP contribution in [0.1, 0.15) is 30.8 Å². The summed E-state index contributed by atoms with van der Waals surface area (Å²) in [5.41, 5.74) is 6.70. The highest BCUT2D eigenvalue weighted by Crippen LogP contribution is 2.21. The third kappa shape index (κ3) is 3.33. The average molecular weight is 310 g/mol. The maximum Gasteiger partial charge on any atom is 0.275 e. The molecule has 7 heteroatoms. The van der Waals surface area contributed by atoms with Crippen molar-refractivity contribution in [3.8, 4) is 0 Å². The van der Waals surface area contributed by atoms with E-state index in [1.54, 1.807) is 30.4 Å². The summed E-state index contributed by atoms with van der Waals surface area (Å²) in [6.45, 7) is 4.70. The zero-order chi connectivity index (χ0) is 15.6. The largest absolute Gasteiger partial charge is 0.340 e. The molecule has 2 aromatic heterocycles. The molecule has 0 saturated heterocycles. The predicted molar refractivity (Wildman–Crippen MR) is 82.4 cm³/mol. The van der Waals surface area contributed by atoms with Crippen molar-refractivity contribution in [2.24, 2.45) is 11.7 Å². The van der Waals surface area contributed by atoms with Gasteiger partial charge < -0.3 is 10.6 Å². The monoisotopic (exact) mass is 309 g/mol. The molecule has 21 heavy (non-hydrogen) atoms. The van der Waals surface area contributed by atoms with Gasteiger partial charge in [-0.2, -0.15) is 5.10 Å². The normalized spacial score (nSPS) is 12.9. The number of aromatic nitrogens is 3. The van der Waals surface area contributed by atoms with E-state index >= 15 is 0 Å². The smallest absolute Gasteiger partial charge is 0.275 e. The average Bonchev–Trinajstić information content (AvgIpc) is 2.81. The van der Waals surface area contributed by atoms with Crippen LogP contribution in [0.4, 0.5) is 0 Å². The van der Waals surface area contributed by atoms with Gasteiger partial charge in [0.1, 0.15) is 5.02 Å². The summed E-state index contributed by atoms with van der Waals surface area (Å²) in [7, 11) is 1.73. The molecule has 0 radical (unpaired) electrons. The van der Waals surface area contributed by atoms with E-state index in [4.69, 9.17) is 17.3 Å². The number of hydrogen-bond donors (Lipinski definition) is 1. The van der Waals surface area contributed by atoms with Crippen LogP contribution in [0.3, 0.4) is 0 Å². The Hall–Kier alpha value is -1.66. The van der Waals surface area contributed by atoms with Gasteiger partial charge in [-0.1, -0.05) is 25.4 Å². The minimum absolute atomic E-state index is 0.0680. The highest BCUT2D eigenvalue weighted by molar-refractivity contribution is 6.36. The first-order valence-corrected chi connectivity index (χ1v) is 7.29. The third-order valence-electron chi connectivity index (χ3n) is 3.54. The molecule has 0 bridgehead atoms. The van der Waals surface area contributed by atoms with Crippen LogP contribution in [0.15, 0.2) is 18.5 Å². The molecule has 0 fully saturated rings. The van der Waals surface area contributed by atoms with Gasteiger partial charge in [-0.3, -0.25) is 4.79 Å². The van der Waals surface area contributed by atoms with E-state index in [1.165, 1.54) is 4.52 Å². The molecule has 114 valence electrons. The minimum atomic E-state index is -0.221. The Balaban J connectivity index is 2.12. The Morgan fingerprint density at radius 3 is 2.86 bits per heavy atom. The lowest BCUT2D eigenvalue weighted by Crippen LogP contribution is -2.34. The van der Waals surface area contributed by atoms with Crippen LogP contribution in [0.2, 0.25) is 5.02 Å². The van der Waals surface area contributed by atoms with Crippen molar-refractivity contribution in [2.45, 2.75) is 26.3 Å². The second-order valence-corrected chi connectivity index (χ2v) is 5.85. The molecule has 0 aliphatic carbocycles. The summed E-state index contributed by atoms with van der Waals surface area (Å²) in [5.74, 6) is 0.165. The van der Waals surface area contributed by atoms with E-state index in [1.807, 2.05) is 0 Å². The molecule has 0 aromatic carbocycles. The number of amides is 1. The number of nitrogens with zero attached hydrogens (tertiary/aromatic N) is 4. The third-order valence-corrected chi connectivity index (χ3v) is 3.89. The van der Waals surface area contributed by atoms with Gasteiger partial charge in [-0.25, -0.2) is 9.50 Å². The van der Waals surface area contributed by atoms with Crippen LogP contribution in [-0.4, -0.2) is 45.0 Å². The molecule has 0 aliphatic rings. The molecule has 6 nitrogen and oxygen atoms in total. The van der Waals surface area contributed by atoms with Gasteiger partial charge in [-0.15, -0.1) is 0 Å². The van der Waals surface area contributed by atoms with Gasteiger partial charge >= 0.3 is 0 Å². The van der Waals surface area contributed by atoms with Crippen molar-refractivity contribution < 1.29 is 4.79 Å². The number of nitrogens with two attached hydrogens (primary N) is 1. The van der Waals surface area contributed by atoms with Crippen molar-refractivity contribution in [1.29, 1.82) is 0 Å². The summed E-state index contributed by atoms with van der Waals surface area (Å²) in [5, 5.41) is 4.47. The van der Waals surface area contributed by atoms with Crippen LogP contribution >= 0.6 is 11.6 Å². The molecule has 2 aromatic rings. The molecular formula is C14H20ClN5O. The van der Waals surface area contributed by atoms with Crippen LogP contribution in [0.5, 0.6) is 0 Å². The summed E-state index contributed by atoms with van der Waals surface area (Å²) in [4.78, 5) is 18.1. The first-order valence-electron chi connectivity index (χ1n) is 6.91. The van der Waals surface area contributed by atoms with E-state index in [0.29, 0.717) is 18.1 Å². The van der Waals surface area contributed by atoms with Gasteiger partial charge in [0.25, 0.3) is 5.91 Å². The fraction of sp³-hybridized carbons (Fsp3) is 0.500. The number of halogens is 1. The molecule has 2 N–H and O–H groups in total. The van der Waals surface area contributed by atoms with Crippen molar-refractivity contribution in [1.82, 2.24) is 19.5 Å². The molecule has 0 spiro atoms. The van der Waals surface area contributed by atoms with E-state index in [9.17, 15) is 4.79 Å². The summed E-state index contributed by atoms with van der Waals surface area (Å²) >= 11 is 6.19. The maximum absolute atomic E-state index is 12.4. The lowest BCUT2D eigenvalue weighted by atomic mass is 10.0. The number of carbonyl (C=O) groups is 1. The van der Waals surface area contributed by atoms with Crippen LogP contribution in [-0.2, 0) is 0 Å². The Labute approximate surface area is 128 Å². The Kier molecular flexibility index (Phi) is 4.80.